The first-order valence-electron chi connectivity index (χ1n) is 22.5. The molecule has 0 fully saturated rings. The van der Waals surface area contributed by atoms with Gasteiger partial charge in [-0.3, -0.25) is 9.59 Å². The van der Waals surface area contributed by atoms with E-state index in [0.717, 1.165) is 51.8 Å². The molecule has 0 saturated heterocycles. The van der Waals surface area contributed by atoms with Crippen molar-refractivity contribution in [2.45, 2.75) is 43.9 Å². The molecule has 0 aromatic heterocycles. The first-order chi connectivity index (χ1) is 31.8. The Labute approximate surface area is 379 Å². The lowest BCUT2D eigenvalue weighted by molar-refractivity contribution is -0.435. The van der Waals surface area contributed by atoms with Crippen LogP contribution in [0.1, 0.15) is 42.5 Å². The molecule has 10 rings (SSSR count). The molecule has 8 aromatic rings. The lowest BCUT2D eigenvalue weighted by atomic mass is 9.72. The molecule has 2 aliphatic rings. The SMILES string of the molecule is CC1(Cc2ccccc2)C(/C=C/C=C/C=C2/N(CCOC=O)c3c(c4ccccc4c4ccccc34)C2(C)Cc2ccccc2)=[N+](CCC(=O)O)c2c1c1ccccc1c1ccccc21. The van der Waals surface area contributed by atoms with Crippen LogP contribution in [0, 0.1) is 0 Å². The van der Waals surface area contributed by atoms with Gasteiger partial charge in [0.1, 0.15) is 13.0 Å². The molecule has 2 aliphatic heterocycles. The zero-order valence-corrected chi connectivity index (χ0v) is 36.8. The smallest absolute Gasteiger partial charge is 0.309 e. The van der Waals surface area contributed by atoms with E-state index in [-0.39, 0.29) is 13.0 Å². The van der Waals surface area contributed by atoms with Gasteiger partial charge in [-0.1, -0.05) is 170 Å². The Bertz CT molecular complexity index is 3280. The largest absolute Gasteiger partial charge is 0.481 e. The number of carbonyl (C=O) groups is 2. The summed E-state index contributed by atoms with van der Waals surface area (Å²) in [5, 5.41) is 19.5. The van der Waals surface area contributed by atoms with Gasteiger partial charge in [0, 0.05) is 28.1 Å². The maximum atomic E-state index is 12.3. The standard InChI is InChI=1S/C59H50N2O4/c1-58(38-41-20-6-3-7-21-41)51(60(35-34-53(63)64)56-49-30-18-14-26-45(49)43-24-12-16-28-47(43)54(56)58)32-10-5-11-33-52-59(2,39-42-22-8-4-9-23-42)55-48-29-17-13-25-44(48)46-27-15-19-31-50(46)57(55)61(52)36-37-65-40-62/h3-33,40H,34-39H2,1-2H3/p+1. The van der Waals surface area contributed by atoms with Crippen molar-refractivity contribution in [1.82, 2.24) is 0 Å². The number of hydrogen-bond donors (Lipinski definition) is 1. The zero-order chi connectivity index (χ0) is 44.5. The molecule has 2 unspecified atom stereocenters. The predicted molar refractivity (Wildman–Crippen MR) is 266 cm³/mol. The summed E-state index contributed by atoms with van der Waals surface area (Å²) in [6.45, 7) is 6.26. The number of anilines is 1. The van der Waals surface area contributed by atoms with Gasteiger partial charge in [0.2, 0.25) is 5.69 Å². The molecule has 6 heteroatoms. The summed E-state index contributed by atoms with van der Waals surface area (Å²) in [5.74, 6) is -0.831. The molecule has 65 heavy (non-hydrogen) atoms. The van der Waals surface area contributed by atoms with Crippen molar-refractivity contribution < 1.29 is 24.0 Å². The Balaban J connectivity index is 1.14. The Kier molecular flexibility index (Phi) is 11.0. The molecule has 8 aromatic carbocycles. The maximum Gasteiger partial charge on any atom is 0.309 e. The van der Waals surface area contributed by atoms with Gasteiger partial charge in [-0.15, -0.1) is 0 Å². The van der Waals surface area contributed by atoms with E-state index in [1.165, 1.54) is 49.2 Å². The maximum absolute atomic E-state index is 12.3. The second kappa shape index (κ2) is 17.2. The first kappa shape index (κ1) is 41.4. The van der Waals surface area contributed by atoms with Crippen molar-refractivity contribution in [1.29, 1.82) is 0 Å². The Morgan fingerprint density at radius 2 is 1.09 bits per heavy atom. The molecule has 2 atom stereocenters. The minimum Gasteiger partial charge on any atom is -0.481 e. The number of rotatable bonds is 14. The van der Waals surface area contributed by atoms with Gasteiger partial charge in [0.25, 0.3) is 6.47 Å². The third-order valence-corrected chi connectivity index (χ3v) is 13.7. The van der Waals surface area contributed by atoms with E-state index in [1.54, 1.807) is 0 Å². The highest BCUT2D eigenvalue weighted by molar-refractivity contribution is 6.20. The van der Waals surface area contributed by atoms with E-state index >= 15 is 0 Å². The van der Waals surface area contributed by atoms with Crippen LogP contribution >= 0.6 is 0 Å². The molecule has 1 N–H and O–H groups in total. The van der Waals surface area contributed by atoms with Crippen LogP contribution in [0.3, 0.4) is 0 Å². The number of carboxylic acids is 1. The predicted octanol–water partition coefficient (Wildman–Crippen LogP) is 12.6. The van der Waals surface area contributed by atoms with Crippen molar-refractivity contribution in [2.24, 2.45) is 0 Å². The van der Waals surface area contributed by atoms with E-state index < -0.39 is 16.8 Å². The number of nitrogens with zero attached hydrogens (tertiary/aromatic N) is 2. The minimum absolute atomic E-state index is 0.00510. The van der Waals surface area contributed by atoms with Gasteiger partial charge in [-0.05, 0) is 87.8 Å². The zero-order valence-electron chi connectivity index (χ0n) is 36.8. The van der Waals surface area contributed by atoms with Gasteiger partial charge >= 0.3 is 5.97 Å². The average molecular weight is 852 g/mol. The number of allylic oxidation sites excluding steroid dienone is 6. The number of aliphatic carboxylic acids is 1. The van der Waals surface area contributed by atoms with Crippen molar-refractivity contribution in [3.05, 3.63) is 216 Å². The third kappa shape index (κ3) is 7.20. The highest BCUT2D eigenvalue weighted by Gasteiger charge is 2.50. The Morgan fingerprint density at radius 1 is 0.600 bits per heavy atom. The lowest BCUT2D eigenvalue weighted by Gasteiger charge is -2.31. The van der Waals surface area contributed by atoms with Crippen LogP contribution in [-0.2, 0) is 38.0 Å². The molecule has 320 valence electrons. The molecule has 0 radical (unpaired) electrons. The topological polar surface area (TPSA) is 69.8 Å². The second-order valence-electron chi connectivity index (χ2n) is 17.7. The molecule has 0 amide bonds. The van der Waals surface area contributed by atoms with E-state index in [9.17, 15) is 14.7 Å². The molecule has 0 saturated carbocycles. The number of carboxylic acid groups (broad SMARTS) is 1. The van der Waals surface area contributed by atoms with Crippen molar-refractivity contribution in [3.63, 3.8) is 0 Å². The second-order valence-corrected chi connectivity index (χ2v) is 17.7. The molecular formula is C59H51N2O4+. The van der Waals surface area contributed by atoms with Gasteiger partial charge in [0.15, 0.2) is 12.3 Å². The minimum atomic E-state index is -0.831. The third-order valence-electron chi connectivity index (χ3n) is 13.7. The number of fused-ring (bicyclic) bond motifs is 12. The highest BCUT2D eigenvalue weighted by atomic mass is 16.5. The normalized spacial score (nSPS) is 18.8. The number of ether oxygens (including phenoxy) is 1. The molecule has 6 nitrogen and oxygen atoms in total. The fourth-order valence-corrected chi connectivity index (χ4v) is 11.2. The van der Waals surface area contributed by atoms with Crippen molar-refractivity contribution >= 4 is 72.6 Å². The van der Waals surface area contributed by atoms with E-state index in [1.807, 2.05) is 0 Å². The summed E-state index contributed by atoms with van der Waals surface area (Å²) in [4.78, 5) is 26.3. The molecule has 0 aliphatic carbocycles. The van der Waals surface area contributed by atoms with Crippen LogP contribution < -0.4 is 4.90 Å². The van der Waals surface area contributed by atoms with Crippen LogP contribution in [0.15, 0.2) is 194 Å². The van der Waals surface area contributed by atoms with Crippen LogP contribution in [0.25, 0.3) is 43.1 Å². The van der Waals surface area contributed by atoms with Crippen molar-refractivity contribution in [3.8, 4) is 0 Å². The summed E-state index contributed by atoms with van der Waals surface area (Å²) < 4.78 is 7.69. The van der Waals surface area contributed by atoms with Crippen molar-refractivity contribution in [2.75, 3.05) is 24.6 Å². The number of benzene rings is 8. The fourth-order valence-electron chi connectivity index (χ4n) is 11.2. The molecular weight excluding hydrogens is 801 g/mol. The van der Waals surface area contributed by atoms with Crippen LogP contribution in [0.5, 0.6) is 0 Å². The van der Waals surface area contributed by atoms with Gasteiger partial charge in [-0.25, -0.2) is 0 Å². The van der Waals surface area contributed by atoms with Gasteiger partial charge < -0.3 is 14.7 Å². The van der Waals surface area contributed by atoms with E-state index in [2.05, 4.69) is 211 Å². The Morgan fingerprint density at radius 3 is 1.68 bits per heavy atom. The highest BCUT2D eigenvalue weighted by Crippen LogP contribution is 2.56. The summed E-state index contributed by atoms with van der Waals surface area (Å²) in [6.07, 6.45) is 12.3. The summed E-state index contributed by atoms with van der Waals surface area (Å²) in [6, 6.07) is 55.8. The van der Waals surface area contributed by atoms with Crippen LogP contribution in [0.2, 0.25) is 0 Å². The fraction of sp³-hybridized carbons (Fsp3) is 0.169. The van der Waals surface area contributed by atoms with Gasteiger partial charge in [0.05, 0.1) is 23.0 Å². The average Bonchev–Trinajstić information content (AvgIpc) is 3.72. The summed E-state index contributed by atoms with van der Waals surface area (Å²) in [7, 11) is 0. The number of carbonyl (C=O) groups excluding carboxylic acids is 1. The van der Waals surface area contributed by atoms with E-state index in [4.69, 9.17) is 4.74 Å². The van der Waals surface area contributed by atoms with Crippen LogP contribution in [-0.4, -0.2) is 47.5 Å². The molecule has 0 bridgehead atoms. The Hall–Kier alpha value is -7.57. The lowest BCUT2D eigenvalue weighted by Crippen LogP contribution is -2.34. The van der Waals surface area contributed by atoms with Gasteiger partial charge in [-0.2, -0.15) is 4.58 Å². The van der Waals surface area contributed by atoms with E-state index in [0.29, 0.717) is 19.6 Å². The quantitative estimate of drug-likeness (QED) is 0.0388. The first-order valence-corrected chi connectivity index (χ1v) is 22.5. The monoisotopic (exact) mass is 851 g/mol. The molecule has 2 heterocycles. The molecule has 0 spiro atoms. The number of hydrogen-bond acceptors (Lipinski definition) is 4. The summed E-state index contributed by atoms with van der Waals surface area (Å²) >= 11 is 0. The van der Waals surface area contributed by atoms with Crippen LogP contribution in [0.4, 0.5) is 11.4 Å². The summed E-state index contributed by atoms with van der Waals surface area (Å²) in [5.41, 5.74) is 8.38.